The molecule has 0 spiro atoms. The lowest BCUT2D eigenvalue weighted by atomic mass is 9.80. The van der Waals surface area contributed by atoms with Crippen LogP contribution in [0.3, 0.4) is 0 Å². The summed E-state index contributed by atoms with van der Waals surface area (Å²) in [6, 6.07) is 46.9. The Morgan fingerprint density at radius 2 is 1.42 bits per heavy atom. The topological polar surface area (TPSA) is 209 Å². The van der Waals surface area contributed by atoms with Gasteiger partial charge < -0.3 is 28.8 Å². The number of anilines is 1. The van der Waals surface area contributed by atoms with Crippen LogP contribution in [-0.2, 0) is 35.5 Å². The molecule has 3 heterocycles. The van der Waals surface area contributed by atoms with E-state index in [-0.39, 0.29) is 47.2 Å². The normalized spacial score (nSPS) is 17.8. The largest absolute Gasteiger partial charge is 0.527 e. The molecule has 1 unspecified atom stereocenters. The Hall–Kier alpha value is -7.34. The number of fused-ring (bicyclic) bond motifs is 1. The number of nitro benzene ring substituents is 1. The van der Waals surface area contributed by atoms with E-state index in [0.717, 1.165) is 16.7 Å². The highest BCUT2D eigenvalue weighted by molar-refractivity contribution is 7.47. The van der Waals surface area contributed by atoms with E-state index in [2.05, 4.69) is 20.3 Å². The molecular weight excluding hydrogens is 927 g/mol. The van der Waals surface area contributed by atoms with E-state index in [1.54, 1.807) is 49.6 Å². The number of amides is 1. The number of phosphoric acid groups is 1. The van der Waals surface area contributed by atoms with Gasteiger partial charge in [0.05, 0.1) is 37.1 Å². The van der Waals surface area contributed by atoms with Crippen molar-refractivity contribution < 1.29 is 47.2 Å². The van der Waals surface area contributed by atoms with E-state index in [4.69, 9.17) is 39.6 Å². The molecule has 19 heteroatoms. The average molecular weight is 969 g/mol. The second-order valence-electron chi connectivity index (χ2n) is 15.6. The fraction of sp³-hybridized carbons (Fsp3) is 0.160. The molecule has 1 fully saturated rings. The third-order valence-corrected chi connectivity index (χ3v) is 12.6. The van der Waals surface area contributed by atoms with Gasteiger partial charge in [0, 0.05) is 16.7 Å². The third kappa shape index (κ3) is 10.1. The van der Waals surface area contributed by atoms with Gasteiger partial charge in [0.25, 0.3) is 11.6 Å². The summed E-state index contributed by atoms with van der Waals surface area (Å²) in [5.74, 6) is 0.197. The van der Waals surface area contributed by atoms with Gasteiger partial charge in [-0.1, -0.05) is 115 Å². The molecule has 17 nitrogen and oxygen atoms in total. The predicted octanol–water partition coefficient (Wildman–Crippen LogP) is 9.70. The predicted molar refractivity (Wildman–Crippen MR) is 254 cm³/mol. The van der Waals surface area contributed by atoms with Crippen LogP contribution in [0.4, 0.5) is 11.5 Å². The lowest BCUT2D eigenvalue weighted by Crippen LogP contribution is -2.41. The van der Waals surface area contributed by atoms with Gasteiger partial charge >= 0.3 is 7.82 Å². The van der Waals surface area contributed by atoms with Gasteiger partial charge in [-0.15, -0.1) is 0 Å². The lowest BCUT2D eigenvalue weighted by molar-refractivity contribution is -0.386. The highest BCUT2D eigenvalue weighted by Crippen LogP contribution is 2.51. The highest BCUT2D eigenvalue weighted by Gasteiger charge is 2.53. The van der Waals surface area contributed by atoms with Crippen molar-refractivity contribution in [2.24, 2.45) is 0 Å². The number of rotatable bonds is 18. The number of nitrogens with one attached hydrogen (secondary N) is 1. The molecule has 6 aromatic carbocycles. The molecule has 350 valence electrons. The van der Waals surface area contributed by atoms with Gasteiger partial charge in [-0.05, 0) is 71.3 Å². The number of ether oxygens (including phenoxy) is 4. The number of phosphoric ester groups is 1. The molecule has 1 aliphatic heterocycles. The number of aromatic nitrogens is 4. The summed E-state index contributed by atoms with van der Waals surface area (Å²) >= 11 is 6.10. The number of halogens is 1. The van der Waals surface area contributed by atoms with Crippen molar-refractivity contribution in [3.05, 3.63) is 219 Å². The van der Waals surface area contributed by atoms with Gasteiger partial charge in [0.15, 0.2) is 23.2 Å². The smallest absolute Gasteiger partial charge is 0.497 e. The van der Waals surface area contributed by atoms with Crippen molar-refractivity contribution in [3.8, 4) is 11.5 Å². The van der Waals surface area contributed by atoms with Crippen LogP contribution in [0.15, 0.2) is 176 Å². The second kappa shape index (κ2) is 20.5. The molecule has 1 saturated heterocycles. The number of nitro groups is 1. The fourth-order valence-electron chi connectivity index (χ4n) is 8.21. The lowest BCUT2D eigenvalue weighted by Gasteiger charge is -2.37. The summed E-state index contributed by atoms with van der Waals surface area (Å²) in [5, 5.41) is 15.4. The monoisotopic (exact) mass is 968 g/mol. The zero-order chi connectivity index (χ0) is 48.0. The van der Waals surface area contributed by atoms with Crippen LogP contribution in [0.5, 0.6) is 11.5 Å². The number of hydrogen-bond acceptors (Lipinski definition) is 13. The Kier molecular flexibility index (Phi) is 13.9. The quantitative estimate of drug-likeness (QED) is 0.0355. The summed E-state index contributed by atoms with van der Waals surface area (Å²) in [7, 11) is -3.54. The maximum absolute atomic E-state index is 14.2. The standard InChI is InChI=1S/C50H42ClN6O11P/c1-63-39-25-21-37(22-26-39)50(35-16-7-3-8-17-35,36-18-9-4-10-19-36)65-30-42-44(64-29-34-15-11-12-20-41(34)57(59)60)45(68-69(61,62)67-40-27-23-38(51)24-28-40)49(66-42)56-32-54-43-46(52-31-53-47(43)56)55-48(58)33-13-5-2-6-14-33/h2-28,31-32,42,44-45,49H,29-30H2,1H3,(H,61,62)(H,52,53,55,58)/t42-,44-,45-,49-/m1/s1. The number of hydrogen-bond donors (Lipinski definition) is 2. The maximum Gasteiger partial charge on any atom is 0.527 e. The molecule has 1 aliphatic rings. The molecular formula is C50H42ClN6O11P. The van der Waals surface area contributed by atoms with Crippen molar-refractivity contribution in [2.75, 3.05) is 19.0 Å². The molecule has 0 bridgehead atoms. The molecule has 2 aromatic heterocycles. The van der Waals surface area contributed by atoms with E-state index in [9.17, 15) is 24.4 Å². The number of carbonyl (C=O) groups is 1. The van der Waals surface area contributed by atoms with E-state index < -0.39 is 48.8 Å². The van der Waals surface area contributed by atoms with Crippen LogP contribution in [0, 0.1) is 10.1 Å². The molecule has 8 aromatic rings. The first-order valence-electron chi connectivity index (χ1n) is 21.4. The second-order valence-corrected chi connectivity index (χ2v) is 17.4. The number of methoxy groups -OCH3 is 1. The van der Waals surface area contributed by atoms with E-state index in [1.807, 2.05) is 84.9 Å². The SMILES string of the molecule is COc1ccc(C(OC[C@H]2O[C@@H](n3cnc4c(NC(=O)c5ccccc5)ncnc43)[C@H](OP(=O)(O)Oc3ccc(Cl)cc3)[C@@H]2OCc2ccccc2[N+](=O)[O-])(c2ccccc2)c2ccccc2)cc1. The number of carbonyl (C=O) groups excluding carboxylic acids is 1. The number of benzene rings is 6. The highest BCUT2D eigenvalue weighted by atomic mass is 35.5. The van der Waals surface area contributed by atoms with Crippen molar-refractivity contribution in [3.63, 3.8) is 0 Å². The van der Waals surface area contributed by atoms with Crippen LogP contribution in [-0.4, -0.2) is 67.3 Å². The van der Waals surface area contributed by atoms with Crippen molar-refractivity contribution in [2.45, 2.75) is 36.7 Å². The number of nitrogens with zero attached hydrogens (tertiary/aromatic N) is 5. The Balaban J connectivity index is 1.16. The summed E-state index contributed by atoms with van der Waals surface area (Å²) in [5.41, 5.74) is 1.55. The first-order chi connectivity index (χ1) is 33.5. The summed E-state index contributed by atoms with van der Waals surface area (Å²) in [4.78, 5) is 49.9. The van der Waals surface area contributed by atoms with Crippen LogP contribution in [0.2, 0.25) is 5.02 Å². The van der Waals surface area contributed by atoms with E-state index in [0.29, 0.717) is 16.3 Å². The zero-order valence-corrected chi connectivity index (χ0v) is 38.2. The molecule has 69 heavy (non-hydrogen) atoms. The van der Waals surface area contributed by atoms with E-state index >= 15 is 0 Å². The van der Waals surface area contributed by atoms with Gasteiger partial charge in [-0.2, -0.15) is 0 Å². The number of imidazole rings is 1. The maximum atomic E-state index is 14.2. The summed E-state index contributed by atoms with van der Waals surface area (Å²) in [6.07, 6.45) is -2.86. The zero-order valence-electron chi connectivity index (χ0n) is 36.6. The Morgan fingerprint density at radius 1 is 0.812 bits per heavy atom. The van der Waals surface area contributed by atoms with Crippen LogP contribution in [0.25, 0.3) is 11.2 Å². The van der Waals surface area contributed by atoms with Gasteiger partial charge in [0.1, 0.15) is 41.7 Å². The molecule has 0 radical (unpaired) electrons. The van der Waals surface area contributed by atoms with Crippen LogP contribution >= 0.6 is 19.4 Å². The molecule has 5 atom stereocenters. The molecule has 2 N–H and O–H groups in total. The van der Waals surface area contributed by atoms with E-state index in [1.165, 1.54) is 53.6 Å². The van der Waals surface area contributed by atoms with Crippen molar-refractivity contribution in [1.82, 2.24) is 19.5 Å². The fourth-order valence-corrected chi connectivity index (χ4v) is 9.30. The molecule has 0 saturated carbocycles. The van der Waals surface area contributed by atoms with Crippen LogP contribution < -0.4 is 14.6 Å². The Bertz CT molecular complexity index is 3060. The Morgan fingerprint density at radius 3 is 2.07 bits per heavy atom. The van der Waals surface area contributed by atoms with Gasteiger partial charge in [-0.25, -0.2) is 19.5 Å². The van der Waals surface area contributed by atoms with Gasteiger partial charge in [0.2, 0.25) is 0 Å². The van der Waals surface area contributed by atoms with Gasteiger partial charge in [-0.3, -0.25) is 28.9 Å². The number of para-hydroxylation sites is 1. The Labute approximate surface area is 400 Å². The third-order valence-electron chi connectivity index (χ3n) is 11.4. The summed E-state index contributed by atoms with van der Waals surface area (Å²) in [6.45, 7) is -0.646. The molecule has 1 amide bonds. The minimum atomic E-state index is -5.12. The first-order valence-corrected chi connectivity index (χ1v) is 23.3. The molecule has 0 aliphatic carbocycles. The molecule has 9 rings (SSSR count). The van der Waals surface area contributed by atoms with Crippen molar-refractivity contribution in [1.29, 1.82) is 0 Å². The summed E-state index contributed by atoms with van der Waals surface area (Å²) < 4.78 is 53.7. The average Bonchev–Trinajstić information content (AvgIpc) is 3.96. The van der Waals surface area contributed by atoms with Crippen LogP contribution in [0.1, 0.15) is 38.8 Å². The minimum absolute atomic E-state index is 0.0346. The van der Waals surface area contributed by atoms with Crippen molar-refractivity contribution >= 4 is 48.0 Å². The minimum Gasteiger partial charge on any atom is -0.497 e. The first kappa shape index (κ1) is 46.8.